The molecule has 0 saturated heterocycles. The van der Waals surface area contributed by atoms with Gasteiger partial charge in [0.25, 0.3) is 5.91 Å². The Morgan fingerprint density at radius 2 is 2.17 bits per heavy atom. The van der Waals surface area contributed by atoms with Crippen molar-refractivity contribution in [2.45, 2.75) is 13.5 Å². The molecule has 2 aromatic rings. The molecule has 1 amide bonds. The maximum Gasteiger partial charge on any atom is 0.343 e. The fourth-order valence-electron chi connectivity index (χ4n) is 1.95. The highest BCUT2D eigenvalue weighted by atomic mass is 16.6. The number of hydrogen-bond donors (Lipinski definition) is 2. The van der Waals surface area contributed by atoms with Crippen LogP contribution in [0.25, 0.3) is 0 Å². The van der Waals surface area contributed by atoms with Gasteiger partial charge in [0, 0.05) is 12.5 Å². The number of rotatable bonds is 6. The third-order valence-electron chi connectivity index (χ3n) is 3.11. The molecule has 0 aliphatic rings. The molecule has 0 aliphatic heterocycles. The number of benzene rings is 1. The second-order valence-corrected chi connectivity index (χ2v) is 4.69. The number of nitro groups is 1. The number of carboxylic acids is 1. The number of nitrogens with zero attached hydrogens (tertiary/aromatic N) is 4. The topological polar surface area (TPSA) is 140 Å². The third-order valence-corrected chi connectivity index (χ3v) is 3.11. The minimum absolute atomic E-state index is 0.0385. The van der Waals surface area contributed by atoms with Crippen molar-refractivity contribution in [1.82, 2.24) is 15.0 Å². The van der Waals surface area contributed by atoms with E-state index >= 15 is 0 Å². The smallest absolute Gasteiger partial charge is 0.343 e. The molecule has 0 aliphatic carbocycles. The van der Waals surface area contributed by atoms with Gasteiger partial charge >= 0.3 is 11.8 Å². The van der Waals surface area contributed by atoms with Crippen molar-refractivity contribution in [3.05, 3.63) is 57.5 Å². The Morgan fingerprint density at radius 1 is 1.46 bits per heavy atom. The highest BCUT2D eigenvalue weighted by molar-refractivity contribution is 5.98. The van der Waals surface area contributed by atoms with Gasteiger partial charge in [-0.15, -0.1) is 0 Å². The summed E-state index contributed by atoms with van der Waals surface area (Å²) in [6.07, 6.45) is 2.26. The maximum atomic E-state index is 11.8. The molecule has 1 heterocycles. The molecule has 0 radical (unpaired) electrons. The third kappa shape index (κ3) is 3.80. The van der Waals surface area contributed by atoms with Gasteiger partial charge in [0.2, 0.25) is 0 Å². The second-order valence-electron chi connectivity index (χ2n) is 4.69. The SMILES string of the molecule is Cc1ncc([N+](=O)[O-])n1CC(=O)N/N=C/c1ccccc1C(=O)O. The molecule has 10 nitrogen and oxygen atoms in total. The Balaban J connectivity index is 2.06. The first kappa shape index (κ1) is 16.8. The molecule has 0 bridgehead atoms. The lowest BCUT2D eigenvalue weighted by atomic mass is 10.1. The van der Waals surface area contributed by atoms with Crippen LogP contribution in [0.4, 0.5) is 5.82 Å². The molecule has 2 N–H and O–H groups in total. The normalized spacial score (nSPS) is 10.7. The Kier molecular flexibility index (Phi) is 5.00. The minimum atomic E-state index is -1.12. The lowest BCUT2D eigenvalue weighted by molar-refractivity contribution is -0.392. The molecule has 0 atom stereocenters. The van der Waals surface area contributed by atoms with Crippen LogP contribution in [-0.2, 0) is 11.3 Å². The van der Waals surface area contributed by atoms with Crippen molar-refractivity contribution >= 4 is 23.9 Å². The van der Waals surface area contributed by atoms with Gasteiger partial charge in [-0.2, -0.15) is 5.10 Å². The van der Waals surface area contributed by atoms with Crippen LogP contribution in [0.15, 0.2) is 35.6 Å². The maximum absolute atomic E-state index is 11.8. The molecule has 124 valence electrons. The fourth-order valence-corrected chi connectivity index (χ4v) is 1.95. The first-order valence-electron chi connectivity index (χ1n) is 6.71. The summed E-state index contributed by atoms with van der Waals surface area (Å²) in [5.41, 5.74) is 2.55. The standard InChI is InChI=1S/C14H13N5O5/c1-9-15-7-13(19(23)24)18(9)8-12(20)17-16-6-10-4-2-3-5-11(10)14(21)22/h2-7H,8H2,1H3,(H,17,20)(H,21,22)/b16-6+. The summed E-state index contributed by atoms with van der Waals surface area (Å²) in [6.45, 7) is 1.20. The highest BCUT2D eigenvalue weighted by Gasteiger charge is 2.19. The van der Waals surface area contributed by atoms with Crippen LogP contribution in [-0.4, -0.2) is 37.7 Å². The first-order valence-corrected chi connectivity index (χ1v) is 6.71. The van der Waals surface area contributed by atoms with Gasteiger partial charge in [0.05, 0.1) is 11.8 Å². The zero-order chi connectivity index (χ0) is 17.7. The van der Waals surface area contributed by atoms with Crippen LogP contribution < -0.4 is 5.43 Å². The van der Waals surface area contributed by atoms with Crippen LogP contribution in [0.2, 0.25) is 0 Å². The quantitative estimate of drug-likeness (QED) is 0.459. The van der Waals surface area contributed by atoms with Crippen molar-refractivity contribution in [3.8, 4) is 0 Å². The summed E-state index contributed by atoms with van der Waals surface area (Å²) in [5, 5.41) is 23.6. The number of nitrogens with one attached hydrogen (secondary N) is 1. The zero-order valence-electron chi connectivity index (χ0n) is 12.5. The average Bonchev–Trinajstić information content (AvgIpc) is 2.89. The van der Waals surface area contributed by atoms with E-state index in [9.17, 15) is 19.7 Å². The largest absolute Gasteiger partial charge is 0.478 e. The van der Waals surface area contributed by atoms with E-state index in [0.717, 1.165) is 10.8 Å². The summed E-state index contributed by atoms with van der Waals surface area (Å²) in [4.78, 5) is 36.9. The van der Waals surface area contributed by atoms with E-state index in [-0.39, 0.29) is 17.9 Å². The Morgan fingerprint density at radius 3 is 2.83 bits per heavy atom. The summed E-state index contributed by atoms with van der Waals surface area (Å²) in [7, 11) is 0. The summed E-state index contributed by atoms with van der Waals surface area (Å²) >= 11 is 0. The molecular formula is C14H13N5O5. The summed E-state index contributed by atoms with van der Waals surface area (Å²) in [6, 6.07) is 6.14. The molecular weight excluding hydrogens is 318 g/mol. The van der Waals surface area contributed by atoms with E-state index in [1.54, 1.807) is 12.1 Å². The number of hydrogen-bond acceptors (Lipinski definition) is 6. The number of aromatic carboxylic acids is 1. The number of hydrazone groups is 1. The predicted molar refractivity (Wildman–Crippen MR) is 82.8 cm³/mol. The molecule has 10 heteroatoms. The van der Waals surface area contributed by atoms with E-state index in [4.69, 9.17) is 5.11 Å². The molecule has 1 aromatic carbocycles. The van der Waals surface area contributed by atoms with E-state index in [0.29, 0.717) is 11.4 Å². The van der Waals surface area contributed by atoms with Crippen LogP contribution in [0.5, 0.6) is 0 Å². The Labute approximate surface area is 135 Å². The average molecular weight is 331 g/mol. The molecule has 0 saturated carbocycles. The Hall–Kier alpha value is -3.56. The van der Waals surface area contributed by atoms with E-state index in [2.05, 4.69) is 15.5 Å². The monoisotopic (exact) mass is 331 g/mol. The number of aromatic nitrogens is 2. The summed E-state index contributed by atoms with van der Waals surface area (Å²) in [5.74, 6) is -1.71. The highest BCUT2D eigenvalue weighted by Crippen LogP contribution is 2.13. The van der Waals surface area contributed by atoms with E-state index in [1.165, 1.54) is 25.3 Å². The van der Waals surface area contributed by atoms with Crippen LogP contribution in [0.3, 0.4) is 0 Å². The van der Waals surface area contributed by atoms with E-state index in [1.807, 2.05) is 0 Å². The van der Waals surface area contributed by atoms with Gasteiger partial charge in [-0.1, -0.05) is 18.2 Å². The molecule has 0 unspecified atom stereocenters. The van der Waals surface area contributed by atoms with Crippen molar-refractivity contribution in [3.63, 3.8) is 0 Å². The van der Waals surface area contributed by atoms with Crippen LogP contribution in [0, 0.1) is 17.0 Å². The van der Waals surface area contributed by atoms with Gasteiger partial charge < -0.3 is 15.2 Å². The molecule has 24 heavy (non-hydrogen) atoms. The van der Waals surface area contributed by atoms with Gasteiger partial charge in [0.15, 0.2) is 12.4 Å². The van der Waals surface area contributed by atoms with Gasteiger partial charge in [-0.3, -0.25) is 4.79 Å². The molecule has 0 fully saturated rings. The zero-order valence-corrected chi connectivity index (χ0v) is 12.5. The number of imidazole rings is 1. The lowest BCUT2D eigenvalue weighted by Crippen LogP contribution is -2.24. The fraction of sp³-hybridized carbons (Fsp3) is 0.143. The molecule has 0 spiro atoms. The van der Waals surface area contributed by atoms with Gasteiger partial charge in [-0.25, -0.2) is 19.8 Å². The van der Waals surface area contributed by atoms with E-state index < -0.39 is 16.8 Å². The van der Waals surface area contributed by atoms with Crippen molar-refractivity contribution in [2.75, 3.05) is 0 Å². The van der Waals surface area contributed by atoms with Gasteiger partial charge in [0.1, 0.15) is 6.20 Å². The van der Waals surface area contributed by atoms with Crippen LogP contribution >= 0.6 is 0 Å². The number of amides is 1. The van der Waals surface area contributed by atoms with Gasteiger partial charge in [-0.05, 0) is 11.0 Å². The number of carbonyl (C=O) groups is 2. The number of aryl methyl sites for hydroxylation is 1. The van der Waals surface area contributed by atoms with Crippen molar-refractivity contribution < 1.29 is 19.6 Å². The Bertz CT molecular complexity index is 827. The van der Waals surface area contributed by atoms with Crippen molar-refractivity contribution in [2.24, 2.45) is 5.10 Å². The molecule has 2 rings (SSSR count). The minimum Gasteiger partial charge on any atom is -0.478 e. The predicted octanol–water partition coefficient (Wildman–Crippen LogP) is 0.948. The number of carbonyl (C=O) groups excluding carboxylic acids is 1. The van der Waals surface area contributed by atoms with Crippen molar-refractivity contribution in [1.29, 1.82) is 0 Å². The van der Waals surface area contributed by atoms with Crippen LogP contribution in [0.1, 0.15) is 21.7 Å². The molecule has 1 aromatic heterocycles. The summed E-state index contributed by atoms with van der Waals surface area (Å²) < 4.78 is 1.13. The number of carboxylic acid groups (broad SMARTS) is 1. The first-order chi connectivity index (χ1) is 11.4. The second kappa shape index (κ2) is 7.13. The lowest BCUT2D eigenvalue weighted by Gasteiger charge is -2.02.